The molecule has 0 radical (unpaired) electrons. The molecule has 3 N–H and O–H groups in total. The Morgan fingerprint density at radius 3 is 2.79 bits per heavy atom. The number of anilines is 2. The molecule has 1 amide bonds. The van der Waals surface area contributed by atoms with Gasteiger partial charge in [-0.1, -0.05) is 0 Å². The number of likely N-dealkylation sites (N-methyl/N-ethyl adjacent to an activating group) is 1. The normalized spacial score (nSPS) is 11.5. The highest BCUT2D eigenvalue weighted by atomic mass is 16.6. The van der Waals surface area contributed by atoms with Crippen molar-refractivity contribution in [2.45, 2.75) is 19.9 Å². The summed E-state index contributed by atoms with van der Waals surface area (Å²) in [5.74, 6) is -0.0271. The Labute approximate surface area is 110 Å². The number of nitrogens with one attached hydrogen (secondary N) is 3. The highest BCUT2D eigenvalue weighted by molar-refractivity contribution is 5.84. The summed E-state index contributed by atoms with van der Waals surface area (Å²) in [5, 5.41) is 18.9. The van der Waals surface area contributed by atoms with Crippen LogP contribution in [0, 0.1) is 10.1 Å². The lowest BCUT2D eigenvalue weighted by atomic mass is 10.3. The molecule has 9 heteroatoms. The molecular formula is C10H16N6O3. The van der Waals surface area contributed by atoms with Crippen molar-refractivity contribution in [1.82, 2.24) is 15.3 Å². The molecule has 0 aliphatic carbocycles. The molecule has 1 unspecified atom stereocenters. The Bertz CT molecular complexity index is 478. The van der Waals surface area contributed by atoms with Crippen molar-refractivity contribution in [1.29, 1.82) is 0 Å². The van der Waals surface area contributed by atoms with Crippen LogP contribution < -0.4 is 16.0 Å². The Hall–Kier alpha value is -2.45. The first kappa shape index (κ1) is 14.6. The first-order valence-electron chi connectivity index (χ1n) is 5.73. The monoisotopic (exact) mass is 268 g/mol. The first-order chi connectivity index (χ1) is 8.99. The molecule has 0 saturated heterocycles. The van der Waals surface area contributed by atoms with Gasteiger partial charge in [0.05, 0.1) is 4.92 Å². The molecule has 0 aliphatic rings. The summed E-state index contributed by atoms with van der Waals surface area (Å²) < 4.78 is 0. The van der Waals surface area contributed by atoms with E-state index < -0.39 is 11.0 Å². The minimum Gasteiger partial charge on any atom is -0.357 e. The minimum atomic E-state index is -0.641. The molecule has 1 rings (SSSR count). The number of aromatic nitrogens is 2. The van der Waals surface area contributed by atoms with Gasteiger partial charge in [0.15, 0.2) is 0 Å². The van der Waals surface area contributed by atoms with Gasteiger partial charge in [-0.05, 0) is 13.8 Å². The standard InChI is InChI=1S/C10H16N6O3/c1-4-12-9(17)6(2)14-8-7(16(18)19)5-13-10(11-3)15-8/h5-6H,4H2,1-3H3,(H,12,17)(H2,11,13,14,15). The number of hydrogen-bond donors (Lipinski definition) is 3. The van der Waals surface area contributed by atoms with E-state index in [1.165, 1.54) is 0 Å². The van der Waals surface area contributed by atoms with E-state index in [1.54, 1.807) is 20.9 Å². The lowest BCUT2D eigenvalue weighted by molar-refractivity contribution is -0.384. The predicted molar refractivity (Wildman–Crippen MR) is 70.0 cm³/mol. The van der Waals surface area contributed by atoms with Crippen LogP contribution in [-0.4, -0.2) is 40.4 Å². The SMILES string of the molecule is CCNC(=O)C(C)Nc1nc(NC)ncc1[N+](=O)[O-]. The zero-order valence-corrected chi connectivity index (χ0v) is 10.9. The molecule has 0 fully saturated rings. The molecule has 104 valence electrons. The molecule has 0 aromatic carbocycles. The topological polar surface area (TPSA) is 122 Å². The number of carbonyl (C=O) groups is 1. The van der Waals surface area contributed by atoms with Gasteiger partial charge >= 0.3 is 5.69 Å². The van der Waals surface area contributed by atoms with Crippen molar-refractivity contribution in [3.63, 3.8) is 0 Å². The van der Waals surface area contributed by atoms with Crippen molar-refractivity contribution < 1.29 is 9.72 Å². The van der Waals surface area contributed by atoms with Crippen molar-refractivity contribution in [3.8, 4) is 0 Å². The van der Waals surface area contributed by atoms with Crippen LogP contribution in [0.2, 0.25) is 0 Å². The van der Waals surface area contributed by atoms with Gasteiger partial charge in [-0.25, -0.2) is 4.98 Å². The third kappa shape index (κ3) is 3.76. The van der Waals surface area contributed by atoms with Crippen LogP contribution in [-0.2, 0) is 4.79 Å². The zero-order valence-electron chi connectivity index (χ0n) is 10.9. The fourth-order valence-corrected chi connectivity index (χ4v) is 1.33. The Kier molecular flexibility index (Phi) is 4.98. The molecule has 1 atom stereocenters. The summed E-state index contributed by atoms with van der Waals surface area (Å²) in [4.78, 5) is 29.5. The molecule has 19 heavy (non-hydrogen) atoms. The van der Waals surface area contributed by atoms with Gasteiger partial charge in [0.2, 0.25) is 17.7 Å². The molecular weight excluding hydrogens is 252 g/mol. The smallest absolute Gasteiger partial charge is 0.329 e. The Balaban J connectivity index is 2.97. The van der Waals surface area contributed by atoms with E-state index in [1.807, 2.05) is 0 Å². The van der Waals surface area contributed by atoms with Gasteiger partial charge in [-0.15, -0.1) is 0 Å². The summed E-state index contributed by atoms with van der Waals surface area (Å²) in [7, 11) is 1.60. The average molecular weight is 268 g/mol. The summed E-state index contributed by atoms with van der Waals surface area (Å²) >= 11 is 0. The van der Waals surface area contributed by atoms with Crippen LogP contribution in [0.4, 0.5) is 17.5 Å². The third-order valence-corrected chi connectivity index (χ3v) is 2.29. The van der Waals surface area contributed by atoms with Gasteiger partial charge in [0.25, 0.3) is 0 Å². The van der Waals surface area contributed by atoms with Crippen molar-refractivity contribution in [2.24, 2.45) is 0 Å². The Morgan fingerprint density at radius 1 is 1.58 bits per heavy atom. The maximum absolute atomic E-state index is 11.6. The van der Waals surface area contributed by atoms with Crippen LogP contribution in [0.3, 0.4) is 0 Å². The number of hydrogen-bond acceptors (Lipinski definition) is 7. The van der Waals surface area contributed by atoms with E-state index >= 15 is 0 Å². The van der Waals surface area contributed by atoms with E-state index in [0.29, 0.717) is 6.54 Å². The number of carbonyl (C=O) groups excluding carboxylic acids is 1. The van der Waals surface area contributed by atoms with Crippen LogP contribution in [0.25, 0.3) is 0 Å². The third-order valence-electron chi connectivity index (χ3n) is 2.29. The minimum absolute atomic E-state index is 0.00287. The number of amides is 1. The van der Waals surface area contributed by atoms with Crippen LogP contribution >= 0.6 is 0 Å². The van der Waals surface area contributed by atoms with Gasteiger partial charge in [0.1, 0.15) is 12.2 Å². The van der Waals surface area contributed by atoms with Gasteiger partial charge < -0.3 is 16.0 Å². The first-order valence-corrected chi connectivity index (χ1v) is 5.73. The average Bonchev–Trinajstić information content (AvgIpc) is 2.38. The fraction of sp³-hybridized carbons (Fsp3) is 0.500. The van der Waals surface area contributed by atoms with Crippen molar-refractivity contribution in [2.75, 3.05) is 24.2 Å². The molecule has 9 nitrogen and oxygen atoms in total. The molecule has 0 spiro atoms. The van der Waals surface area contributed by atoms with Crippen LogP contribution in [0.15, 0.2) is 6.20 Å². The van der Waals surface area contributed by atoms with E-state index in [2.05, 4.69) is 25.9 Å². The second-order valence-corrected chi connectivity index (χ2v) is 3.70. The fourth-order valence-electron chi connectivity index (χ4n) is 1.33. The molecule has 1 heterocycles. The highest BCUT2D eigenvalue weighted by Gasteiger charge is 2.21. The maximum Gasteiger partial charge on any atom is 0.329 e. The summed E-state index contributed by atoms with van der Waals surface area (Å²) in [6.07, 6.45) is 1.09. The van der Waals surface area contributed by atoms with Crippen molar-refractivity contribution >= 4 is 23.4 Å². The maximum atomic E-state index is 11.6. The molecule has 1 aromatic rings. The van der Waals surface area contributed by atoms with Gasteiger partial charge in [0, 0.05) is 13.6 Å². The molecule has 0 saturated carbocycles. The molecule has 0 aliphatic heterocycles. The highest BCUT2D eigenvalue weighted by Crippen LogP contribution is 2.22. The summed E-state index contributed by atoms with van der Waals surface area (Å²) in [5.41, 5.74) is -0.282. The number of nitro groups is 1. The van der Waals surface area contributed by atoms with Crippen molar-refractivity contribution in [3.05, 3.63) is 16.3 Å². The lowest BCUT2D eigenvalue weighted by Crippen LogP contribution is -2.37. The summed E-state index contributed by atoms with van der Waals surface area (Å²) in [6, 6.07) is -0.641. The number of nitrogens with zero attached hydrogens (tertiary/aromatic N) is 3. The predicted octanol–water partition coefficient (Wildman–Crippen LogP) is 0.363. The molecule has 1 aromatic heterocycles. The zero-order chi connectivity index (χ0) is 14.4. The van der Waals surface area contributed by atoms with Gasteiger partial charge in [-0.2, -0.15) is 4.98 Å². The van der Waals surface area contributed by atoms with Crippen LogP contribution in [0.1, 0.15) is 13.8 Å². The van der Waals surface area contributed by atoms with Gasteiger partial charge in [-0.3, -0.25) is 14.9 Å². The van der Waals surface area contributed by atoms with E-state index in [0.717, 1.165) is 6.20 Å². The second-order valence-electron chi connectivity index (χ2n) is 3.70. The largest absolute Gasteiger partial charge is 0.357 e. The van der Waals surface area contributed by atoms with E-state index in [-0.39, 0.29) is 23.4 Å². The van der Waals surface area contributed by atoms with E-state index in [9.17, 15) is 14.9 Å². The quantitative estimate of drug-likeness (QED) is 0.503. The van der Waals surface area contributed by atoms with Crippen LogP contribution in [0.5, 0.6) is 0 Å². The van der Waals surface area contributed by atoms with E-state index in [4.69, 9.17) is 0 Å². The summed E-state index contributed by atoms with van der Waals surface area (Å²) in [6.45, 7) is 3.87. The second kappa shape index (κ2) is 6.47. The number of rotatable bonds is 6. The Morgan fingerprint density at radius 2 is 2.26 bits per heavy atom. The lowest BCUT2D eigenvalue weighted by Gasteiger charge is -2.14. The molecule has 0 bridgehead atoms.